The van der Waals surface area contributed by atoms with Crippen LogP contribution in [0.2, 0.25) is 0 Å². The van der Waals surface area contributed by atoms with Crippen LogP contribution in [0, 0.1) is 13.8 Å². The highest BCUT2D eigenvalue weighted by atomic mass is 16.5. The number of hydrogen-bond donors (Lipinski definition) is 0. The van der Waals surface area contributed by atoms with Crippen molar-refractivity contribution in [1.82, 2.24) is 0 Å². The highest BCUT2D eigenvalue weighted by molar-refractivity contribution is 5.91. The number of ether oxygens (including phenoxy) is 2. The van der Waals surface area contributed by atoms with Gasteiger partial charge in [0.15, 0.2) is 0 Å². The number of rotatable bonds is 4. The summed E-state index contributed by atoms with van der Waals surface area (Å²) >= 11 is 0. The van der Waals surface area contributed by atoms with Gasteiger partial charge in [-0.2, -0.15) is 0 Å². The summed E-state index contributed by atoms with van der Waals surface area (Å²) in [4.78, 5) is 11.3. The van der Waals surface area contributed by atoms with E-state index in [0.29, 0.717) is 12.2 Å². The van der Waals surface area contributed by atoms with E-state index in [4.69, 9.17) is 4.74 Å². The molecule has 0 saturated heterocycles. The number of hydrogen-bond acceptors (Lipinski definition) is 3. The topological polar surface area (TPSA) is 35.5 Å². The molecule has 0 fully saturated rings. The standard InChI is InChI=1S/C12H15O3/c1-4-7-15-10-5-6-11(9(2)8-10)12(13)14-3/h5-6,8H,1,4,7H2,2-3H3. The van der Waals surface area contributed by atoms with Crippen LogP contribution in [-0.4, -0.2) is 19.7 Å². The number of carbonyl (C=O) groups excluding carboxylic acids is 1. The van der Waals surface area contributed by atoms with Gasteiger partial charge < -0.3 is 9.47 Å². The Morgan fingerprint density at radius 1 is 1.47 bits per heavy atom. The van der Waals surface area contributed by atoms with Gasteiger partial charge in [0.1, 0.15) is 5.75 Å². The zero-order chi connectivity index (χ0) is 11.3. The average molecular weight is 207 g/mol. The maximum Gasteiger partial charge on any atom is 0.338 e. The van der Waals surface area contributed by atoms with Crippen LogP contribution >= 0.6 is 0 Å². The molecule has 0 spiro atoms. The highest BCUT2D eigenvalue weighted by Crippen LogP contribution is 2.18. The van der Waals surface area contributed by atoms with Crippen LogP contribution in [0.4, 0.5) is 0 Å². The molecule has 15 heavy (non-hydrogen) atoms. The van der Waals surface area contributed by atoms with Crippen LogP contribution < -0.4 is 4.74 Å². The monoisotopic (exact) mass is 207 g/mol. The lowest BCUT2D eigenvalue weighted by Crippen LogP contribution is -2.04. The van der Waals surface area contributed by atoms with Crippen molar-refractivity contribution in [3.63, 3.8) is 0 Å². The molecule has 3 heteroatoms. The van der Waals surface area contributed by atoms with Gasteiger partial charge in [-0.1, -0.05) is 0 Å². The van der Waals surface area contributed by atoms with Crippen molar-refractivity contribution in [2.45, 2.75) is 13.3 Å². The van der Waals surface area contributed by atoms with Crippen molar-refractivity contribution in [3.05, 3.63) is 36.2 Å². The lowest BCUT2D eigenvalue weighted by molar-refractivity contribution is 0.0600. The summed E-state index contributed by atoms with van der Waals surface area (Å²) in [5.41, 5.74) is 1.42. The summed E-state index contributed by atoms with van der Waals surface area (Å²) < 4.78 is 10.0. The molecule has 0 unspecified atom stereocenters. The SMILES string of the molecule is [CH2]CCOc1ccc(C(=O)OC)c(C)c1. The molecule has 0 aliphatic heterocycles. The van der Waals surface area contributed by atoms with Gasteiger partial charge in [-0.3, -0.25) is 0 Å². The normalized spacial score (nSPS) is 9.80. The van der Waals surface area contributed by atoms with Gasteiger partial charge in [-0.15, -0.1) is 0 Å². The first-order valence-electron chi connectivity index (χ1n) is 4.80. The maximum absolute atomic E-state index is 11.3. The Kier molecular flexibility index (Phi) is 4.16. The van der Waals surface area contributed by atoms with Gasteiger partial charge in [-0.05, 0) is 44.0 Å². The molecule has 0 aromatic heterocycles. The van der Waals surface area contributed by atoms with E-state index >= 15 is 0 Å². The van der Waals surface area contributed by atoms with Crippen LogP contribution in [0.1, 0.15) is 22.3 Å². The molecule has 1 rings (SSSR count). The largest absolute Gasteiger partial charge is 0.494 e. The number of methoxy groups -OCH3 is 1. The number of benzene rings is 1. The molecule has 0 bridgehead atoms. The molecule has 0 aliphatic rings. The van der Waals surface area contributed by atoms with E-state index in [-0.39, 0.29) is 5.97 Å². The Morgan fingerprint density at radius 2 is 2.20 bits per heavy atom. The Labute approximate surface area is 90.0 Å². The minimum absolute atomic E-state index is 0.323. The molecule has 3 nitrogen and oxygen atoms in total. The van der Waals surface area contributed by atoms with Gasteiger partial charge in [0.2, 0.25) is 0 Å². The molecule has 0 heterocycles. The van der Waals surface area contributed by atoms with Crippen LogP contribution in [0.25, 0.3) is 0 Å². The zero-order valence-corrected chi connectivity index (χ0v) is 9.08. The van der Waals surface area contributed by atoms with E-state index < -0.39 is 0 Å². The van der Waals surface area contributed by atoms with Gasteiger partial charge in [0.25, 0.3) is 0 Å². The van der Waals surface area contributed by atoms with Crippen molar-refractivity contribution in [3.8, 4) is 5.75 Å². The first-order chi connectivity index (χ1) is 7.19. The van der Waals surface area contributed by atoms with Crippen LogP contribution in [0.15, 0.2) is 18.2 Å². The minimum atomic E-state index is -0.323. The second-order valence-corrected chi connectivity index (χ2v) is 3.17. The second-order valence-electron chi connectivity index (χ2n) is 3.17. The first kappa shape index (κ1) is 11.6. The van der Waals surface area contributed by atoms with Gasteiger partial charge >= 0.3 is 5.97 Å². The molecule has 0 N–H and O–H groups in total. The smallest absolute Gasteiger partial charge is 0.338 e. The van der Waals surface area contributed by atoms with Gasteiger partial charge in [0.05, 0.1) is 19.3 Å². The Bertz CT molecular complexity index is 345. The lowest BCUT2D eigenvalue weighted by Gasteiger charge is -2.08. The summed E-state index contributed by atoms with van der Waals surface area (Å²) in [5, 5.41) is 0. The summed E-state index contributed by atoms with van der Waals surface area (Å²) in [6.07, 6.45) is 0.720. The van der Waals surface area contributed by atoms with E-state index in [0.717, 1.165) is 17.7 Å². The van der Waals surface area contributed by atoms with Gasteiger partial charge in [0, 0.05) is 0 Å². The quantitative estimate of drug-likeness (QED) is 0.711. The third kappa shape index (κ3) is 2.98. The van der Waals surface area contributed by atoms with E-state index in [2.05, 4.69) is 11.7 Å². The molecule has 0 amide bonds. The number of esters is 1. The zero-order valence-electron chi connectivity index (χ0n) is 9.08. The number of carbonyl (C=O) groups is 1. The van der Waals surface area contributed by atoms with Crippen molar-refractivity contribution in [1.29, 1.82) is 0 Å². The maximum atomic E-state index is 11.3. The van der Waals surface area contributed by atoms with E-state index in [1.54, 1.807) is 12.1 Å². The van der Waals surface area contributed by atoms with Crippen molar-refractivity contribution >= 4 is 5.97 Å². The molecule has 0 atom stereocenters. The molecule has 1 aromatic rings. The fourth-order valence-electron chi connectivity index (χ4n) is 1.25. The average Bonchev–Trinajstić information content (AvgIpc) is 2.25. The van der Waals surface area contributed by atoms with Crippen molar-refractivity contribution in [2.75, 3.05) is 13.7 Å². The lowest BCUT2D eigenvalue weighted by atomic mass is 10.1. The minimum Gasteiger partial charge on any atom is -0.494 e. The highest BCUT2D eigenvalue weighted by Gasteiger charge is 2.09. The van der Waals surface area contributed by atoms with E-state index in [1.165, 1.54) is 7.11 Å². The fraction of sp³-hybridized carbons (Fsp3) is 0.333. The third-order valence-corrected chi connectivity index (χ3v) is 2.02. The molecule has 1 aromatic carbocycles. The molecule has 0 saturated carbocycles. The van der Waals surface area contributed by atoms with Crippen molar-refractivity contribution in [2.24, 2.45) is 0 Å². The molecule has 1 radical (unpaired) electrons. The Morgan fingerprint density at radius 3 is 2.73 bits per heavy atom. The molecular formula is C12H15O3. The Hall–Kier alpha value is -1.51. The van der Waals surface area contributed by atoms with Gasteiger partial charge in [-0.25, -0.2) is 4.79 Å². The summed E-state index contributed by atoms with van der Waals surface area (Å²) in [6, 6.07) is 5.29. The molecular weight excluding hydrogens is 192 g/mol. The summed E-state index contributed by atoms with van der Waals surface area (Å²) in [7, 11) is 1.37. The molecule has 81 valence electrons. The third-order valence-electron chi connectivity index (χ3n) is 2.02. The fourth-order valence-corrected chi connectivity index (χ4v) is 1.25. The summed E-state index contributed by atoms with van der Waals surface area (Å²) in [6.45, 7) is 6.11. The number of aryl methyl sites for hydroxylation is 1. The van der Waals surface area contributed by atoms with Crippen LogP contribution in [0.3, 0.4) is 0 Å². The van der Waals surface area contributed by atoms with E-state index in [1.807, 2.05) is 13.0 Å². The predicted octanol–water partition coefficient (Wildman–Crippen LogP) is 2.38. The van der Waals surface area contributed by atoms with Crippen LogP contribution in [-0.2, 0) is 4.74 Å². The molecule has 0 aliphatic carbocycles. The first-order valence-corrected chi connectivity index (χ1v) is 4.80. The predicted molar refractivity (Wildman–Crippen MR) is 58.0 cm³/mol. The summed E-state index contributed by atoms with van der Waals surface area (Å²) in [5.74, 6) is 0.431. The van der Waals surface area contributed by atoms with Crippen LogP contribution in [0.5, 0.6) is 5.75 Å². The van der Waals surface area contributed by atoms with E-state index in [9.17, 15) is 4.79 Å². The van der Waals surface area contributed by atoms with Crippen molar-refractivity contribution < 1.29 is 14.3 Å². The second kappa shape index (κ2) is 5.39. The Balaban J connectivity index is 2.83.